The minimum Gasteiger partial charge on any atom is -0.360 e. The molecule has 0 saturated carbocycles. The maximum Gasteiger partial charge on any atom is 0.248 e. The molecule has 156 valence electrons. The summed E-state index contributed by atoms with van der Waals surface area (Å²) in [5.74, 6) is -0.227. The van der Waals surface area contributed by atoms with Gasteiger partial charge in [0.05, 0.1) is 13.2 Å². The Morgan fingerprint density at radius 3 is 2.21 bits per heavy atom. The molecular weight excluding hydrogens is 386 g/mol. The highest BCUT2D eigenvalue weighted by molar-refractivity contribution is 7.89. The van der Waals surface area contributed by atoms with Gasteiger partial charge in [-0.25, -0.2) is 8.42 Å². The fraction of sp³-hybridized carbons (Fsp3) is 0.778. The molecule has 4 heterocycles. The van der Waals surface area contributed by atoms with E-state index in [9.17, 15) is 13.2 Å². The van der Waals surface area contributed by atoms with Gasteiger partial charge < -0.3 is 18.9 Å². The number of amides is 1. The molecule has 0 atom stereocenters. The first-order valence-corrected chi connectivity index (χ1v) is 11.3. The van der Waals surface area contributed by atoms with Gasteiger partial charge in [0.2, 0.25) is 15.9 Å². The van der Waals surface area contributed by atoms with Crippen molar-refractivity contribution in [1.29, 1.82) is 0 Å². The van der Waals surface area contributed by atoms with Crippen LogP contribution in [0.3, 0.4) is 0 Å². The van der Waals surface area contributed by atoms with Crippen LogP contribution in [-0.4, -0.2) is 73.9 Å². The monoisotopic (exact) mass is 413 g/mol. The zero-order chi connectivity index (χ0) is 19.9. The number of hydrogen-bond donors (Lipinski definition) is 0. The molecule has 3 fully saturated rings. The molecule has 0 N–H and O–H groups in total. The topological polar surface area (TPSA) is 102 Å². The van der Waals surface area contributed by atoms with Crippen molar-refractivity contribution in [3.05, 3.63) is 11.5 Å². The van der Waals surface area contributed by atoms with Gasteiger partial charge in [-0.1, -0.05) is 5.16 Å². The Labute approximate surface area is 165 Å². The summed E-state index contributed by atoms with van der Waals surface area (Å²) in [7, 11) is -3.65. The number of rotatable bonds is 3. The summed E-state index contributed by atoms with van der Waals surface area (Å²) in [6.45, 7) is 6.36. The minimum atomic E-state index is -3.65. The second-order valence-corrected chi connectivity index (χ2v) is 9.64. The van der Waals surface area contributed by atoms with Crippen molar-refractivity contribution in [3.8, 4) is 0 Å². The van der Waals surface area contributed by atoms with Gasteiger partial charge in [-0.3, -0.25) is 4.79 Å². The molecule has 0 unspecified atom stereocenters. The lowest BCUT2D eigenvalue weighted by Crippen LogP contribution is -2.50. The quantitative estimate of drug-likeness (QED) is 0.730. The molecule has 3 aliphatic rings. The SMILES string of the molecule is Cc1noc(C)c1S(=O)(=O)N1CCC(C(=O)N2CCC3(CC2)OCCO3)CC1. The minimum absolute atomic E-state index is 0.113. The van der Waals surface area contributed by atoms with Gasteiger partial charge in [0.25, 0.3) is 0 Å². The highest BCUT2D eigenvalue weighted by atomic mass is 32.2. The van der Waals surface area contributed by atoms with E-state index < -0.39 is 15.8 Å². The molecule has 1 spiro atoms. The van der Waals surface area contributed by atoms with Crippen LogP contribution in [0.5, 0.6) is 0 Å². The van der Waals surface area contributed by atoms with E-state index in [0.717, 1.165) is 0 Å². The van der Waals surface area contributed by atoms with Crippen LogP contribution in [0.25, 0.3) is 0 Å². The normalized spacial score (nSPS) is 24.1. The van der Waals surface area contributed by atoms with E-state index in [1.54, 1.807) is 13.8 Å². The summed E-state index contributed by atoms with van der Waals surface area (Å²) in [5, 5.41) is 3.75. The van der Waals surface area contributed by atoms with Crippen molar-refractivity contribution in [2.75, 3.05) is 39.4 Å². The van der Waals surface area contributed by atoms with Gasteiger partial charge in [-0.05, 0) is 26.7 Å². The molecule has 0 bridgehead atoms. The Kier molecular flexibility index (Phi) is 5.24. The standard InChI is InChI=1S/C18H27N3O6S/c1-13-16(14(2)27-19-13)28(23,24)21-7-3-15(4-8-21)17(22)20-9-5-18(6-10-20)25-11-12-26-18/h15H,3-12H2,1-2H3. The molecule has 1 aromatic heterocycles. The lowest BCUT2D eigenvalue weighted by Gasteiger charge is -2.40. The van der Waals surface area contributed by atoms with Crippen LogP contribution in [0.15, 0.2) is 9.42 Å². The second kappa shape index (κ2) is 7.40. The largest absolute Gasteiger partial charge is 0.360 e. The number of carbonyl (C=O) groups excluding carboxylic acids is 1. The van der Waals surface area contributed by atoms with Crippen molar-refractivity contribution in [2.45, 2.75) is 50.2 Å². The average Bonchev–Trinajstić information content (AvgIpc) is 3.28. The van der Waals surface area contributed by atoms with Crippen LogP contribution in [0.1, 0.15) is 37.1 Å². The number of carbonyl (C=O) groups is 1. The van der Waals surface area contributed by atoms with E-state index in [-0.39, 0.29) is 16.7 Å². The predicted molar refractivity (Wildman–Crippen MR) is 97.9 cm³/mol. The zero-order valence-corrected chi connectivity index (χ0v) is 17.2. The van der Waals surface area contributed by atoms with Gasteiger partial charge in [0.15, 0.2) is 11.5 Å². The van der Waals surface area contributed by atoms with E-state index in [2.05, 4.69) is 5.16 Å². The van der Waals surface area contributed by atoms with Crippen molar-refractivity contribution in [3.63, 3.8) is 0 Å². The molecular formula is C18H27N3O6S. The Bertz CT molecular complexity index is 808. The molecule has 4 rings (SSSR count). The third-order valence-electron chi connectivity index (χ3n) is 6.02. The van der Waals surface area contributed by atoms with Crippen molar-refractivity contribution in [1.82, 2.24) is 14.4 Å². The molecule has 1 aromatic rings. The Hall–Kier alpha value is -1.49. The Morgan fingerprint density at radius 1 is 1.07 bits per heavy atom. The maximum absolute atomic E-state index is 12.9. The van der Waals surface area contributed by atoms with E-state index in [1.807, 2.05) is 4.90 Å². The van der Waals surface area contributed by atoms with Gasteiger partial charge in [-0.15, -0.1) is 0 Å². The number of sulfonamides is 1. The summed E-state index contributed by atoms with van der Waals surface area (Å²) in [4.78, 5) is 14.9. The summed E-state index contributed by atoms with van der Waals surface area (Å²) in [6.07, 6.45) is 2.43. The Morgan fingerprint density at radius 2 is 1.68 bits per heavy atom. The van der Waals surface area contributed by atoms with Crippen LogP contribution in [0.4, 0.5) is 0 Å². The van der Waals surface area contributed by atoms with Crippen LogP contribution in [0, 0.1) is 19.8 Å². The van der Waals surface area contributed by atoms with Crippen LogP contribution >= 0.6 is 0 Å². The van der Waals surface area contributed by atoms with E-state index in [4.69, 9.17) is 14.0 Å². The summed E-state index contributed by atoms with van der Waals surface area (Å²) < 4.78 is 43.7. The van der Waals surface area contributed by atoms with E-state index in [0.29, 0.717) is 76.5 Å². The van der Waals surface area contributed by atoms with Crippen LogP contribution in [0.2, 0.25) is 0 Å². The molecule has 0 radical (unpaired) electrons. The number of aryl methyl sites for hydroxylation is 2. The highest BCUT2D eigenvalue weighted by Gasteiger charge is 2.42. The van der Waals surface area contributed by atoms with Crippen molar-refractivity contribution in [2.24, 2.45) is 5.92 Å². The summed E-state index contributed by atoms with van der Waals surface area (Å²) >= 11 is 0. The van der Waals surface area contributed by atoms with Crippen LogP contribution in [-0.2, 0) is 24.3 Å². The molecule has 10 heteroatoms. The molecule has 28 heavy (non-hydrogen) atoms. The lowest BCUT2D eigenvalue weighted by atomic mass is 9.94. The van der Waals surface area contributed by atoms with E-state index in [1.165, 1.54) is 4.31 Å². The molecule has 1 amide bonds. The predicted octanol–water partition coefficient (Wildman–Crippen LogP) is 1.06. The molecule has 3 saturated heterocycles. The van der Waals surface area contributed by atoms with Crippen molar-refractivity contribution >= 4 is 15.9 Å². The zero-order valence-electron chi connectivity index (χ0n) is 16.3. The van der Waals surface area contributed by atoms with Crippen LogP contribution < -0.4 is 0 Å². The first-order chi connectivity index (χ1) is 13.3. The molecule has 0 aromatic carbocycles. The summed E-state index contributed by atoms with van der Waals surface area (Å²) in [5.41, 5.74) is 0.370. The first-order valence-electron chi connectivity index (χ1n) is 9.82. The molecule has 0 aliphatic carbocycles. The fourth-order valence-corrected chi connectivity index (χ4v) is 6.19. The first kappa shape index (κ1) is 19.8. The summed E-state index contributed by atoms with van der Waals surface area (Å²) in [6, 6.07) is 0. The van der Waals surface area contributed by atoms with Crippen molar-refractivity contribution < 1.29 is 27.2 Å². The highest BCUT2D eigenvalue weighted by Crippen LogP contribution is 2.33. The number of aromatic nitrogens is 1. The maximum atomic E-state index is 12.9. The number of nitrogens with zero attached hydrogens (tertiary/aromatic N) is 3. The number of piperidine rings is 2. The van der Waals surface area contributed by atoms with Gasteiger partial charge in [-0.2, -0.15) is 4.31 Å². The third kappa shape index (κ3) is 3.47. The van der Waals surface area contributed by atoms with Gasteiger partial charge in [0.1, 0.15) is 10.6 Å². The molecule has 9 nitrogen and oxygen atoms in total. The van der Waals surface area contributed by atoms with Gasteiger partial charge >= 0.3 is 0 Å². The second-order valence-electron chi connectivity index (χ2n) is 7.76. The average molecular weight is 413 g/mol. The van der Waals surface area contributed by atoms with E-state index >= 15 is 0 Å². The number of likely N-dealkylation sites (tertiary alicyclic amines) is 1. The molecule has 3 aliphatic heterocycles. The third-order valence-corrected chi connectivity index (χ3v) is 8.16. The smallest absolute Gasteiger partial charge is 0.248 e. The fourth-order valence-electron chi connectivity index (χ4n) is 4.43. The number of ether oxygens (including phenoxy) is 2. The van der Waals surface area contributed by atoms with Gasteiger partial charge in [0, 0.05) is 44.9 Å². The number of hydrogen-bond acceptors (Lipinski definition) is 7. The lowest BCUT2D eigenvalue weighted by molar-refractivity contribution is -0.188. The Balaban J connectivity index is 1.35.